The predicted molar refractivity (Wildman–Crippen MR) is 87.1 cm³/mol. The first-order valence-electron chi connectivity index (χ1n) is 8.27. The van der Waals surface area contributed by atoms with E-state index >= 15 is 0 Å². The fraction of sp³-hybridized carbons (Fsp3) is 0.667. The highest BCUT2D eigenvalue weighted by Crippen LogP contribution is 2.38. The van der Waals surface area contributed by atoms with Crippen molar-refractivity contribution in [3.05, 3.63) is 22.4 Å². The summed E-state index contributed by atoms with van der Waals surface area (Å²) in [6.45, 7) is 11.1. The van der Waals surface area contributed by atoms with Gasteiger partial charge < -0.3 is 9.64 Å². The molecule has 2 aliphatic rings. The minimum Gasteiger partial charge on any atom is -0.369 e. The van der Waals surface area contributed by atoms with Crippen LogP contribution in [-0.4, -0.2) is 23.7 Å². The molecule has 2 aliphatic heterocycles. The molecule has 0 atom stereocenters. The topological polar surface area (TPSA) is 49.2 Å². The lowest BCUT2D eigenvalue weighted by molar-refractivity contribution is -0.0420. The van der Waals surface area contributed by atoms with Crippen molar-refractivity contribution in [3.8, 4) is 6.07 Å². The summed E-state index contributed by atoms with van der Waals surface area (Å²) in [5.41, 5.74) is 3.82. The van der Waals surface area contributed by atoms with Crippen LogP contribution in [0.5, 0.6) is 0 Å². The predicted octanol–water partition coefficient (Wildman–Crippen LogP) is 3.53. The van der Waals surface area contributed by atoms with E-state index in [-0.39, 0.29) is 5.60 Å². The number of hydrogen-bond donors (Lipinski definition) is 0. The van der Waals surface area contributed by atoms with Gasteiger partial charge in [0.05, 0.1) is 29.5 Å². The quantitative estimate of drug-likeness (QED) is 0.838. The molecule has 22 heavy (non-hydrogen) atoms. The fourth-order valence-electron chi connectivity index (χ4n) is 3.57. The molecule has 3 rings (SSSR count). The first-order valence-corrected chi connectivity index (χ1v) is 8.27. The molecular formula is C18H25N3O. The van der Waals surface area contributed by atoms with Gasteiger partial charge in [-0.25, -0.2) is 4.98 Å². The van der Waals surface area contributed by atoms with Crippen molar-refractivity contribution in [3.63, 3.8) is 0 Å². The summed E-state index contributed by atoms with van der Waals surface area (Å²) in [6.07, 6.45) is 3.18. The molecule has 118 valence electrons. The molecule has 0 aromatic carbocycles. The Bertz CT molecular complexity index is 622. The van der Waals surface area contributed by atoms with Crippen molar-refractivity contribution in [2.75, 3.05) is 18.0 Å². The molecule has 0 aliphatic carbocycles. The molecule has 3 heterocycles. The largest absolute Gasteiger partial charge is 0.369 e. The van der Waals surface area contributed by atoms with Crippen LogP contribution in [0.2, 0.25) is 0 Å². The number of aromatic nitrogens is 1. The molecule has 4 heteroatoms. The molecular weight excluding hydrogens is 274 g/mol. The van der Waals surface area contributed by atoms with Crippen LogP contribution in [0.15, 0.2) is 0 Å². The zero-order valence-corrected chi connectivity index (χ0v) is 14.1. The van der Waals surface area contributed by atoms with Gasteiger partial charge in [0.15, 0.2) is 0 Å². The van der Waals surface area contributed by atoms with Gasteiger partial charge in [-0.3, -0.25) is 0 Å². The first-order chi connectivity index (χ1) is 10.4. The molecule has 0 radical (unpaired) electrons. The maximum absolute atomic E-state index is 9.82. The third-order valence-electron chi connectivity index (χ3n) is 4.70. The normalized spacial score (nSPS) is 20.1. The van der Waals surface area contributed by atoms with E-state index in [2.05, 4.69) is 38.7 Å². The number of nitrogens with zero attached hydrogens (tertiary/aromatic N) is 3. The van der Waals surface area contributed by atoms with Crippen LogP contribution in [-0.2, 0) is 17.8 Å². The zero-order valence-electron chi connectivity index (χ0n) is 14.1. The Hall–Kier alpha value is -1.60. The Labute approximate surface area is 133 Å². The maximum Gasteiger partial charge on any atom is 0.133 e. The molecule has 0 bridgehead atoms. The summed E-state index contributed by atoms with van der Waals surface area (Å²) < 4.78 is 5.92. The highest BCUT2D eigenvalue weighted by Gasteiger charge is 2.33. The van der Waals surface area contributed by atoms with E-state index in [4.69, 9.17) is 9.72 Å². The lowest BCUT2D eigenvalue weighted by atomic mass is 9.86. The lowest BCUT2D eigenvalue weighted by Gasteiger charge is -2.34. The minimum absolute atomic E-state index is 0.219. The van der Waals surface area contributed by atoms with Crippen molar-refractivity contribution >= 4 is 5.82 Å². The van der Waals surface area contributed by atoms with Gasteiger partial charge in [-0.05, 0) is 38.2 Å². The molecule has 4 nitrogen and oxygen atoms in total. The molecule has 1 fully saturated rings. The van der Waals surface area contributed by atoms with Crippen LogP contribution in [0, 0.1) is 11.3 Å². The lowest BCUT2D eigenvalue weighted by Crippen LogP contribution is -2.34. The average molecular weight is 299 g/mol. The van der Waals surface area contributed by atoms with Gasteiger partial charge in [0.25, 0.3) is 0 Å². The zero-order chi connectivity index (χ0) is 15.9. The highest BCUT2D eigenvalue weighted by molar-refractivity contribution is 5.61. The van der Waals surface area contributed by atoms with E-state index in [1.54, 1.807) is 0 Å². The summed E-state index contributed by atoms with van der Waals surface area (Å²) in [5.74, 6) is 1.32. The van der Waals surface area contributed by atoms with E-state index in [9.17, 15) is 5.26 Å². The van der Waals surface area contributed by atoms with E-state index in [1.165, 1.54) is 12.8 Å². The second-order valence-electron chi connectivity index (χ2n) is 7.34. The Kier molecular flexibility index (Phi) is 3.86. The van der Waals surface area contributed by atoms with Crippen LogP contribution in [0.4, 0.5) is 5.82 Å². The Morgan fingerprint density at radius 1 is 1.27 bits per heavy atom. The van der Waals surface area contributed by atoms with Gasteiger partial charge in [0.2, 0.25) is 0 Å². The SMILES string of the molecule is CC(C)c1c(N2CCCC2)nc2c(c1C#N)CC(C)(C)OC2. The minimum atomic E-state index is -0.219. The fourth-order valence-corrected chi connectivity index (χ4v) is 3.57. The first kappa shape index (κ1) is 15.3. The maximum atomic E-state index is 9.82. The Morgan fingerprint density at radius 2 is 1.95 bits per heavy atom. The monoisotopic (exact) mass is 299 g/mol. The number of rotatable bonds is 2. The number of anilines is 1. The van der Waals surface area contributed by atoms with E-state index < -0.39 is 0 Å². The molecule has 0 unspecified atom stereocenters. The second kappa shape index (κ2) is 5.55. The van der Waals surface area contributed by atoms with Crippen LogP contribution >= 0.6 is 0 Å². The molecule has 1 aromatic rings. The number of nitriles is 1. The Balaban J connectivity index is 2.19. The number of fused-ring (bicyclic) bond motifs is 1. The molecule has 0 amide bonds. The highest BCUT2D eigenvalue weighted by atomic mass is 16.5. The molecule has 1 aromatic heterocycles. The molecule has 0 saturated carbocycles. The van der Waals surface area contributed by atoms with Gasteiger partial charge in [-0.2, -0.15) is 5.26 Å². The van der Waals surface area contributed by atoms with Crippen LogP contribution in [0.25, 0.3) is 0 Å². The number of hydrogen-bond acceptors (Lipinski definition) is 4. The van der Waals surface area contributed by atoms with E-state index in [1.807, 2.05) is 0 Å². The van der Waals surface area contributed by atoms with Gasteiger partial charge >= 0.3 is 0 Å². The third kappa shape index (κ3) is 2.59. The summed E-state index contributed by atoms with van der Waals surface area (Å²) in [6, 6.07) is 2.48. The third-order valence-corrected chi connectivity index (χ3v) is 4.70. The van der Waals surface area contributed by atoms with Crippen LogP contribution < -0.4 is 4.90 Å². The van der Waals surface area contributed by atoms with Crippen molar-refractivity contribution < 1.29 is 4.74 Å². The molecule has 1 saturated heterocycles. The van der Waals surface area contributed by atoms with Gasteiger partial charge in [-0.15, -0.1) is 0 Å². The standard InChI is InChI=1S/C18H25N3O/c1-12(2)16-14(10-19)13-9-18(3,4)22-11-15(13)20-17(16)21-7-5-6-8-21/h12H,5-9,11H2,1-4H3. The summed E-state index contributed by atoms with van der Waals surface area (Å²) in [5, 5.41) is 9.82. The molecule has 0 N–H and O–H groups in total. The van der Waals surface area contributed by atoms with Gasteiger partial charge in [0, 0.05) is 25.1 Å². The summed E-state index contributed by atoms with van der Waals surface area (Å²) in [4.78, 5) is 7.28. The Morgan fingerprint density at radius 3 is 2.55 bits per heavy atom. The van der Waals surface area contributed by atoms with E-state index in [0.29, 0.717) is 12.5 Å². The smallest absolute Gasteiger partial charge is 0.133 e. The van der Waals surface area contributed by atoms with Crippen molar-refractivity contribution in [2.24, 2.45) is 0 Å². The van der Waals surface area contributed by atoms with E-state index in [0.717, 1.165) is 47.7 Å². The molecule has 0 spiro atoms. The van der Waals surface area contributed by atoms with Crippen LogP contribution in [0.3, 0.4) is 0 Å². The van der Waals surface area contributed by atoms with Gasteiger partial charge in [0.1, 0.15) is 5.82 Å². The van der Waals surface area contributed by atoms with Crippen molar-refractivity contribution in [2.45, 2.75) is 65.1 Å². The summed E-state index contributed by atoms with van der Waals surface area (Å²) in [7, 11) is 0. The van der Waals surface area contributed by atoms with Crippen LogP contribution in [0.1, 0.15) is 68.8 Å². The van der Waals surface area contributed by atoms with Crippen molar-refractivity contribution in [1.82, 2.24) is 4.98 Å². The number of ether oxygens (including phenoxy) is 1. The van der Waals surface area contributed by atoms with Crippen molar-refractivity contribution in [1.29, 1.82) is 5.26 Å². The average Bonchev–Trinajstić information content (AvgIpc) is 2.98. The summed E-state index contributed by atoms with van der Waals surface area (Å²) >= 11 is 0. The second-order valence-corrected chi connectivity index (χ2v) is 7.34. The number of pyridine rings is 1. The van der Waals surface area contributed by atoms with Gasteiger partial charge in [-0.1, -0.05) is 13.8 Å².